The molecule has 3 aromatic rings. The Balaban J connectivity index is 1.55. The number of halogens is 1. The van der Waals surface area contributed by atoms with Gasteiger partial charge in [0.1, 0.15) is 0 Å². The van der Waals surface area contributed by atoms with Crippen molar-refractivity contribution in [3.8, 4) is 0 Å². The summed E-state index contributed by atoms with van der Waals surface area (Å²) in [4.78, 5) is 15.6. The summed E-state index contributed by atoms with van der Waals surface area (Å²) < 4.78 is 0. The van der Waals surface area contributed by atoms with Crippen molar-refractivity contribution < 1.29 is 10.0 Å². The van der Waals surface area contributed by atoms with Crippen molar-refractivity contribution in [2.24, 2.45) is 0 Å². The number of benzene rings is 2. The number of amides is 1. The van der Waals surface area contributed by atoms with Gasteiger partial charge in [-0.3, -0.25) is 15.0 Å². The van der Waals surface area contributed by atoms with E-state index in [9.17, 15) is 4.79 Å². The monoisotopic (exact) mass is 367 g/mol. The second-order valence-corrected chi connectivity index (χ2v) is 6.23. The number of rotatable bonds is 6. The molecular formula is C20H18ClN3O2. The van der Waals surface area contributed by atoms with Gasteiger partial charge in [0.2, 0.25) is 0 Å². The normalized spacial score (nSPS) is 11.2. The summed E-state index contributed by atoms with van der Waals surface area (Å²) in [6.45, 7) is 1.37. The van der Waals surface area contributed by atoms with Gasteiger partial charge in [-0.2, -0.15) is 0 Å². The molecule has 6 heteroatoms. The molecule has 132 valence electrons. The van der Waals surface area contributed by atoms with Crippen LogP contribution in [-0.2, 0) is 17.9 Å². The van der Waals surface area contributed by atoms with Crippen molar-refractivity contribution in [3.05, 3.63) is 82.5 Å². The number of nitrogens with zero attached hydrogens (tertiary/aromatic N) is 1. The molecule has 0 radical (unpaired) electrons. The first-order chi connectivity index (χ1) is 12.6. The van der Waals surface area contributed by atoms with Crippen molar-refractivity contribution >= 4 is 34.5 Å². The lowest BCUT2D eigenvalue weighted by Gasteiger charge is -2.06. The molecule has 0 aliphatic heterocycles. The topological polar surface area (TPSA) is 74.2 Å². The van der Waals surface area contributed by atoms with Crippen LogP contribution >= 0.6 is 11.6 Å². The van der Waals surface area contributed by atoms with Gasteiger partial charge < -0.3 is 5.32 Å². The molecule has 1 heterocycles. The third-order valence-corrected chi connectivity index (χ3v) is 4.10. The minimum atomic E-state index is -0.555. The fourth-order valence-corrected chi connectivity index (χ4v) is 2.71. The maximum absolute atomic E-state index is 11.0. The Hall–Kier alpha value is -2.73. The van der Waals surface area contributed by atoms with E-state index in [1.165, 1.54) is 6.08 Å². The average Bonchev–Trinajstić information content (AvgIpc) is 2.67. The molecule has 0 spiro atoms. The van der Waals surface area contributed by atoms with Gasteiger partial charge in [-0.25, -0.2) is 5.48 Å². The number of aromatic nitrogens is 1. The van der Waals surface area contributed by atoms with Gasteiger partial charge in [0.25, 0.3) is 5.91 Å². The molecule has 5 nitrogen and oxygen atoms in total. The molecule has 0 saturated heterocycles. The molecule has 1 amide bonds. The maximum atomic E-state index is 11.0. The van der Waals surface area contributed by atoms with Crippen LogP contribution in [0.5, 0.6) is 0 Å². The number of fused-ring (bicyclic) bond motifs is 1. The number of carbonyl (C=O) groups is 1. The molecule has 2 aromatic carbocycles. The van der Waals surface area contributed by atoms with Crippen LogP contribution in [-0.4, -0.2) is 16.1 Å². The number of hydrogen-bond donors (Lipinski definition) is 3. The van der Waals surface area contributed by atoms with Crippen LogP contribution in [0.25, 0.3) is 17.0 Å². The third-order valence-electron chi connectivity index (χ3n) is 3.86. The summed E-state index contributed by atoms with van der Waals surface area (Å²) >= 11 is 5.99. The Morgan fingerprint density at radius 1 is 1.08 bits per heavy atom. The summed E-state index contributed by atoms with van der Waals surface area (Å²) in [5.74, 6) is -0.555. The molecule has 0 aliphatic carbocycles. The zero-order valence-electron chi connectivity index (χ0n) is 13.9. The molecular weight excluding hydrogens is 350 g/mol. The minimum Gasteiger partial charge on any atom is -0.307 e. The fourth-order valence-electron chi connectivity index (χ4n) is 2.53. The minimum absolute atomic E-state index is 0.555. The Labute approximate surface area is 156 Å². The second kappa shape index (κ2) is 8.58. The average molecular weight is 368 g/mol. The summed E-state index contributed by atoms with van der Waals surface area (Å²) in [5, 5.41) is 13.6. The van der Waals surface area contributed by atoms with Crippen LogP contribution < -0.4 is 10.8 Å². The predicted octanol–water partition coefficient (Wildman–Crippen LogP) is 3.70. The largest absolute Gasteiger partial charge is 0.307 e. The molecule has 0 atom stereocenters. The zero-order chi connectivity index (χ0) is 18.4. The maximum Gasteiger partial charge on any atom is 0.267 e. The van der Waals surface area contributed by atoms with Crippen molar-refractivity contribution in [2.45, 2.75) is 13.1 Å². The number of hydroxylamine groups is 1. The van der Waals surface area contributed by atoms with Crippen molar-refractivity contribution in [1.29, 1.82) is 0 Å². The van der Waals surface area contributed by atoms with E-state index in [-0.39, 0.29) is 0 Å². The van der Waals surface area contributed by atoms with Crippen LogP contribution in [0, 0.1) is 0 Å². The third kappa shape index (κ3) is 4.89. The van der Waals surface area contributed by atoms with E-state index in [2.05, 4.69) is 10.3 Å². The highest BCUT2D eigenvalue weighted by molar-refractivity contribution is 6.31. The highest BCUT2D eigenvalue weighted by Gasteiger charge is 2.00. The fraction of sp³-hybridized carbons (Fsp3) is 0.100. The first-order valence-electron chi connectivity index (χ1n) is 8.11. The Morgan fingerprint density at radius 3 is 2.65 bits per heavy atom. The van der Waals surface area contributed by atoms with Crippen LogP contribution in [0.1, 0.15) is 16.8 Å². The molecule has 0 unspecified atom stereocenters. The highest BCUT2D eigenvalue weighted by Crippen LogP contribution is 2.18. The molecule has 26 heavy (non-hydrogen) atoms. The highest BCUT2D eigenvalue weighted by atomic mass is 35.5. The van der Waals surface area contributed by atoms with Crippen LogP contribution in [0.15, 0.2) is 60.7 Å². The van der Waals surface area contributed by atoms with Crippen molar-refractivity contribution in [2.75, 3.05) is 0 Å². The van der Waals surface area contributed by atoms with Crippen LogP contribution in [0.2, 0.25) is 5.02 Å². The van der Waals surface area contributed by atoms with Gasteiger partial charge in [0, 0.05) is 29.6 Å². The van der Waals surface area contributed by atoms with Gasteiger partial charge in [-0.15, -0.1) is 0 Å². The van der Waals surface area contributed by atoms with Gasteiger partial charge in [-0.1, -0.05) is 41.9 Å². The Morgan fingerprint density at radius 2 is 1.88 bits per heavy atom. The lowest BCUT2D eigenvalue weighted by Crippen LogP contribution is -2.14. The van der Waals surface area contributed by atoms with E-state index in [0.717, 1.165) is 27.7 Å². The SMILES string of the molecule is O=C(/C=C/c1ccc(CNCc2ccc3cc(Cl)ccc3n2)cc1)NO. The van der Waals surface area contributed by atoms with E-state index >= 15 is 0 Å². The van der Waals surface area contributed by atoms with E-state index < -0.39 is 5.91 Å². The first kappa shape index (κ1) is 18.1. The predicted molar refractivity (Wildman–Crippen MR) is 103 cm³/mol. The molecule has 0 aliphatic rings. The summed E-state index contributed by atoms with van der Waals surface area (Å²) in [7, 11) is 0. The van der Waals surface area contributed by atoms with E-state index in [1.807, 2.05) is 54.6 Å². The number of pyridine rings is 1. The standard InChI is InChI=1S/C20H18ClN3O2/c21-17-7-9-19-16(11-17)6-8-18(23-19)13-22-12-15-3-1-14(2-4-15)5-10-20(25)24-26/h1-11,22,26H,12-13H2,(H,24,25)/b10-5+. The number of nitrogens with one attached hydrogen (secondary N) is 2. The number of carbonyl (C=O) groups excluding carboxylic acids is 1. The quantitative estimate of drug-likeness (QED) is 0.353. The van der Waals surface area contributed by atoms with Gasteiger partial charge in [0.15, 0.2) is 0 Å². The van der Waals surface area contributed by atoms with Crippen molar-refractivity contribution in [1.82, 2.24) is 15.8 Å². The second-order valence-electron chi connectivity index (χ2n) is 5.79. The van der Waals surface area contributed by atoms with Gasteiger partial charge in [0.05, 0.1) is 11.2 Å². The summed E-state index contributed by atoms with van der Waals surface area (Å²) in [6.07, 6.45) is 2.90. The first-order valence-corrected chi connectivity index (χ1v) is 8.49. The van der Waals surface area contributed by atoms with Crippen molar-refractivity contribution in [3.63, 3.8) is 0 Å². The smallest absolute Gasteiger partial charge is 0.267 e. The van der Waals surface area contributed by atoms with Crippen LogP contribution in [0.3, 0.4) is 0 Å². The zero-order valence-corrected chi connectivity index (χ0v) is 14.7. The molecule has 3 rings (SSSR count). The van der Waals surface area contributed by atoms with Gasteiger partial charge >= 0.3 is 0 Å². The molecule has 0 saturated carbocycles. The molecule has 3 N–H and O–H groups in total. The Bertz CT molecular complexity index is 939. The lowest BCUT2D eigenvalue weighted by molar-refractivity contribution is -0.124. The number of hydrogen-bond acceptors (Lipinski definition) is 4. The summed E-state index contributed by atoms with van der Waals surface area (Å²) in [5.41, 5.74) is 5.46. The summed E-state index contributed by atoms with van der Waals surface area (Å²) in [6, 6.07) is 17.5. The Kier molecular flexibility index (Phi) is 5.96. The molecule has 0 bridgehead atoms. The van der Waals surface area contributed by atoms with E-state index in [4.69, 9.17) is 16.8 Å². The van der Waals surface area contributed by atoms with Crippen LogP contribution in [0.4, 0.5) is 0 Å². The van der Waals surface area contributed by atoms with E-state index in [1.54, 1.807) is 11.6 Å². The lowest BCUT2D eigenvalue weighted by atomic mass is 10.1. The van der Waals surface area contributed by atoms with E-state index in [0.29, 0.717) is 18.1 Å². The molecule has 0 fully saturated rings. The molecule has 1 aromatic heterocycles. The van der Waals surface area contributed by atoms with Gasteiger partial charge in [-0.05, 0) is 41.5 Å².